The number of fused-ring (bicyclic) bond motifs is 1. The highest BCUT2D eigenvalue weighted by atomic mass is 19.1. The molecule has 1 saturated heterocycles. The van der Waals surface area contributed by atoms with Crippen molar-refractivity contribution in [1.82, 2.24) is 9.80 Å². The molecular formula is C21H27FN2O4. The first-order valence-electron chi connectivity index (χ1n) is 9.37. The maximum atomic E-state index is 13.4. The number of rotatable bonds is 3. The second-order valence-corrected chi connectivity index (χ2v) is 8.35. The third-order valence-corrected chi connectivity index (χ3v) is 5.16. The van der Waals surface area contributed by atoms with Gasteiger partial charge in [-0.05, 0) is 45.4 Å². The quantitative estimate of drug-likeness (QED) is 0.796. The monoisotopic (exact) mass is 390 g/mol. The molecule has 0 radical (unpaired) electrons. The Morgan fingerprint density at radius 2 is 1.86 bits per heavy atom. The summed E-state index contributed by atoms with van der Waals surface area (Å²) in [5.41, 5.74) is -0.0482. The summed E-state index contributed by atoms with van der Waals surface area (Å²) in [4.78, 5) is 28.9. The van der Waals surface area contributed by atoms with Gasteiger partial charge in [0, 0.05) is 19.5 Å². The molecule has 1 atom stereocenters. The van der Waals surface area contributed by atoms with Crippen molar-refractivity contribution in [2.24, 2.45) is 0 Å². The van der Waals surface area contributed by atoms with Crippen LogP contribution >= 0.6 is 0 Å². The third-order valence-electron chi connectivity index (χ3n) is 5.16. The number of carbonyl (C=O) groups excluding carboxylic acids is 2. The van der Waals surface area contributed by atoms with Gasteiger partial charge in [-0.3, -0.25) is 4.79 Å². The van der Waals surface area contributed by atoms with Crippen molar-refractivity contribution in [1.29, 1.82) is 0 Å². The Balaban J connectivity index is 1.98. The summed E-state index contributed by atoms with van der Waals surface area (Å²) in [7, 11) is 1.54. The van der Waals surface area contributed by atoms with Crippen LogP contribution in [0.4, 0.5) is 9.18 Å². The van der Waals surface area contributed by atoms with Crippen molar-refractivity contribution in [3.05, 3.63) is 47.0 Å². The smallest absolute Gasteiger partial charge is 0.410 e. The predicted octanol–water partition coefficient (Wildman–Crippen LogP) is 3.12. The van der Waals surface area contributed by atoms with Crippen LogP contribution < -0.4 is 0 Å². The topological polar surface area (TPSA) is 59.1 Å². The fourth-order valence-electron chi connectivity index (χ4n) is 4.05. The van der Waals surface area contributed by atoms with Crippen LogP contribution in [0, 0.1) is 5.82 Å². The Morgan fingerprint density at radius 1 is 1.21 bits per heavy atom. The minimum atomic E-state index is -0.830. The molecule has 28 heavy (non-hydrogen) atoms. The lowest BCUT2D eigenvalue weighted by atomic mass is 9.86. The molecule has 2 aliphatic rings. The van der Waals surface area contributed by atoms with Gasteiger partial charge in [-0.2, -0.15) is 0 Å². The number of ether oxygens (including phenoxy) is 2. The van der Waals surface area contributed by atoms with Gasteiger partial charge in [0.05, 0.1) is 19.2 Å². The number of carbonyl (C=O) groups is 2. The molecule has 152 valence electrons. The van der Waals surface area contributed by atoms with Crippen molar-refractivity contribution in [3.8, 4) is 0 Å². The summed E-state index contributed by atoms with van der Waals surface area (Å²) >= 11 is 0. The van der Waals surface area contributed by atoms with E-state index in [2.05, 4.69) is 0 Å². The zero-order chi connectivity index (χ0) is 20.7. The van der Waals surface area contributed by atoms with Gasteiger partial charge in [0.15, 0.2) is 0 Å². The van der Waals surface area contributed by atoms with Crippen molar-refractivity contribution < 1.29 is 23.5 Å². The van der Waals surface area contributed by atoms with Crippen LogP contribution in [0.5, 0.6) is 0 Å². The molecule has 0 spiro atoms. The van der Waals surface area contributed by atoms with E-state index in [0.717, 1.165) is 5.56 Å². The van der Waals surface area contributed by atoms with E-state index in [4.69, 9.17) is 9.47 Å². The van der Waals surface area contributed by atoms with Gasteiger partial charge >= 0.3 is 6.09 Å². The largest absolute Gasteiger partial charge is 0.498 e. The normalized spacial score (nSPS) is 22.4. The number of hydrogen-bond acceptors (Lipinski definition) is 4. The molecule has 0 N–H and O–H groups in total. The first-order chi connectivity index (χ1) is 13.1. The molecule has 0 saturated carbocycles. The van der Waals surface area contributed by atoms with E-state index in [9.17, 15) is 14.0 Å². The van der Waals surface area contributed by atoms with Gasteiger partial charge in [-0.25, -0.2) is 9.18 Å². The van der Waals surface area contributed by atoms with Crippen LogP contribution in [0.3, 0.4) is 0 Å². The maximum Gasteiger partial charge on any atom is 0.410 e. The Bertz CT molecular complexity index is 813. The standard InChI is InChI=1S/C21H27FN2O4/c1-14-17(27-5)21(12-15-6-8-16(22)9-7-15)13-23(10-11-24(21)18(14)25)19(26)28-20(2,3)4/h6-9H,10-13H2,1-5H3. The van der Waals surface area contributed by atoms with E-state index < -0.39 is 17.2 Å². The fraction of sp³-hybridized carbons (Fsp3) is 0.524. The number of halogens is 1. The van der Waals surface area contributed by atoms with Gasteiger partial charge in [-0.1, -0.05) is 12.1 Å². The molecule has 0 aromatic heterocycles. The Kier molecular flexibility index (Phi) is 5.12. The number of hydrogen-bond donors (Lipinski definition) is 0. The van der Waals surface area contributed by atoms with E-state index in [-0.39, 0.29) is 18.3 Å². The van der Waals surface area contributed by atoms with E-state index in [1.54, 1.807) is 28.9 Å². The van der Waals surface area contributed by atoms with Gasteiger partial charge < -0.3 is 19.3 Å². The highest BCUT2D eigenvalue weighted by molar-refractivity contribution is 5.98. The average Bonchev–Trinajstić information content (AvgIpc) is 2.82. The van der Waals surface area contributed by atoms with E-state index in [1.807, 2.05) is 20.8 Å². The van der Waals surface area contributed by atoms with Crippen molar-refractivity contribution in [2.75, 3.05) is 26.7 Å². The van der Waals surface area contributed by atoms with Crippen molar-refractivity contribution >= 4 is 12.0 Å². The molecule has 1 unspecified atom stereocenters. The predicted molar refractivity (Wildman–Crippen MR) is 102 cm³/mol. The molecule has 2 aliphatic heterocycles. The summed E-state index contributed by atoms with van der Waals surface area (Å²) in [6, 6.07) is 6.18. The molecule has 2 heterocycles. The minimum absolute atomic E-state index is 0.0946. The minimum Gasteiger partial charge on any atom is -0.498 e. The molecule has 1 aromatic rings. The molecule has 7 heteroatoms. The van der Waals surface area contributed by atoms with Crippen LogP contribution in [0.1, 0.15) is 33.3 Å². The highest BCUT2D eigenvalue weighted by Gasteiger charge is 2.55. The van der Waals surface area contributed by atoms with Crippen LogP contribution in [-0.2, 0) is 20.7 Å². The van der Waals surface area contributed by atoms with E-state index >= 15 is 0 Å². The zero-order valence-electron chi connectivity index (χ0n) is 17.0. The molecular weight excluding hydrogens is 363 g/mol. The molecule has 1 aromatic carbocycles. The lowest BCUT2D eigenvalue weighted by Crippen LogP contribution is -2.64. The lowest BCUT2D eigenvalue weighted by Gasteiger charge is -2.47. The Hall–Kier alpha value is -2.57. The van der Waals surface area contributed by atoms with Crippen LogP contribution in [0.2, 0.25) is 0 Å². The van der Waals surface area contributed by atoms with E-state index in [0.29, 0.717) is 30.8 Å². The number of piperazine rings is 1. The SMILES string of the molecule is COC1=C(C)C(=O)N2CCN(C(=O)OC(C)(C)C)CC12Cc1ccc(F)cc1. The highest BCUT2D eigenvalue weighted by Crippen LogP contribution is 2.41. The lowest BCUT2D eigenvalue weighted by molar-refractivity contribution is -0.133. The first-order valence-corrected chi connectivity index (χ1v) is 9.37. The zero-order valence-corrected chi connectivity index (χ0v) is 17.0. The van der Waals surface area contributed by atoms with E-state index in [1.165, 1.54) is 19.2 Å². The molecule has 0 aliphatic carbocycles. The van der Waals surface area contributed by atoms with Crippen LogP contribution in [0.15, 0.2) is 35.6 Å². The van der Waals surface area contributed by atoms with Crippen molar-refractivity contribution in [3.63, 3.8) is 0 Å². The molecule has 1 fully saturated rings. The van der Waals surface area contributed by atoms with Crippen LogP contribution in [-0.4, -0.2) is 59.7 Å². The second-order valence-electron chi connectivity index (χ2n) is 8.35. The van der Waals surface area contributed by atoms with Gasteiger partial charge in [0.2, 0.25) is 0 Å². The number of methoxy groups -OCH3 is 1. The number of benzene rings is 1. The average molecular weight is 390 g/mol. The first kappa shape index (κ1) is 20.2. The Labute approximate surface area is 164 Å². The van der Waals surface area contributed by atoms with Gasteiger partial charge in [-0.15, -0.1) is 0 Å². The van der Waals surface area contributed by atoms with Crippen molar-refractivity contribution in [2.45, 2.75) is 45.3 Å². The number of amides is 2. The summed E-state index contributed by atoms with van der Waals surface area (Å²) < 4.78 is 24.5. The Morgan fingerprint density at radius 3 is 2.43 bits per heavy atom. The summed E-state index contributed by atoms with van der Waals surface area (Å²) in [6.45, 7) is 8.21. The fourth-order valence-corrected chi connectivity index (χ4v) is 4.05. The molecule has 3 rings (SSSR count). The molecule has 6 nitrogen and oxygen atoms in total. The summed E-state index contributed by atoms with van der Waals surface area (Å²) in [5.74, 6) is 0.135. The third kappa shape index (κ3) is 3.57. The van der Waals surface area contributed by atoms with Gasteiger partial charge in [0.25, 0.3) is 5.91 Å². The number of nitrogens with zero attached hydrogens (tertiary/aromatic N) is 2. The van der Waals surface area contributed by atoms with Crippen LogP contribution in [0.25, 0.3) is 0 Å². The molecule has 0 bridgehead atoms. The van der Waals surface area contributed by atoms with Gasteiger partial charge in [0.1, 0.15) is 22.7 Å². The summed E-state index contributed by atoms with van der Waals surface area (Å²) in [6.07, 6.45) is -0.00293. The second kappa shape index (κ2) is 7.11. The summed E-state index contributed by atoms with van der Waals surface area (Å²) in [5, 5.41) is 0. The maximum absolute atomic E-state index is 13.4. The molecule has 2 amide bonds.